The number of hydrogen-bond acceptors (Lipinski definition) is 2. The Kier molecular flexibility index (Phi) is 3.51. The van der Waals surface area contributed by atoms with Crippen molar-refractivity contribution in [3.63, 3.8) is 0 Å². The molecular formula is C11H13NO2. The van der Waals surface area contributed by atoms with E-state index in [1.165, 1.54) is 0 Å². The summed E-state index contributed by atoms with van der Waals surface area (Å²) >= 11 is 0. The van der Waals surface area contributed by atoms with Gasteiger partial charge in [0.1, 0.15) is 0 Å². The van der Waals surface area contributed by atoms with Gasteiger partial charge in [-0.1, -0.05) is 44.2 Å². The van der Waals surface area contributed by atoms with Crippen molar-refractivity contribution in [1.82, 2.24) is 0 Å². The monoisotopic (exact) mass is 191 g/mol. The van der Waals surface area contributed by atoms with Crippen molar-refractivity contribution in [2.75, 3.05) is 0 Å². The van der Waals surface area contributed by atoms with Crippen LogP contribution in [0.1, 0.15) is 25.3 Å². The molecule has 1 aromatic rings. The number of amides is 1. The van der Waals surface area contributed by atoms with Crippen LogP contribution >= 0.6 is 0 Å². The summed E-state index contributed by atoms with van der Waals surface area (Å²) in [4.78, 5) is 21.5. The molecule has 0 aliphatic carbocycles. The normalized spacial score (nSPS) is 12.5. The van der Waals surface area contributed by atoms with Crippen LogP contribution in [0.5, 0.6) is 0 Å². The maximum Gasteiger partial charge on any atom is 0.293 e. The zero-order valence-corrected chi connectivity index (χ0v) is 8.31. The van der Waals surface area contributed by atoms with Gasteiger partial charge < -0.3 is 0 Å². The smallest absolute Gasteiger partial charge is 0.268 e. The molecule has 1 amide bonds. The Morgan fingerprint density at radius 1 is 1.21 bits per heavy atom. The van der Waals surface area contributed by atoms with Crippen LogP contribution in [0.4, 0.5) is 0 Å². The first kappa shape index (κ1) is 10.6. The molecule has 3 nitrogen and oxygen atoms in total. The third-order valence-corrected chi connectivity index (χ3v) is 2.18. The topological polar surface area (TPSA) is 46.5 Å². The number of hydrogen-bond donors (Lipinski definition) is 0. The lowest BCUT2D eigenvalue weighted by atomic mass is 9.88. The van der Waals surface area contributed by atoms with E-state index < -0.39 is 11.8 Å². The van der Waals surface area contributed by atoms with Gasteiger partial charge in [0.2, 0.25) is 0 Å². The van der Waals surface area contributed by atoms with Crippen molar-refractivity contribution in [3.8, 4) is 0 Å². The standard InChI is InChI=1S/C11H13NO2/c1-8(2)10(11(13)12-14)9-6-4-3-5-7-9/h3-8,10H,1-2H3. The molecule has 0 saturated carbocycles. The van der Waals surface area contributed by atoms with E-state index >= 15 is 0 Å². The zero-order valence-electron chi connectivity index (χ0n) is 8.31. The number of nitroso groups, excluding NO2 is 1. The van der Waals surface area contributed by atoms with Crippen LogP contribution < -0.4 is 0 Å². The molecule has 0 saturated heterocycles. The number of carbonyl (C=O) groups excluding carboxylic acids is 1. The fourth-order valence-corrected chi connectivity index (χ4v) is 1.53. The Morgan fingerprint density at radius 2 is 1.79 bits per heavy atom. The summed E-state index contributed by atoms with van der Waals surface area (Å²) in [6.45, 7) is 3.81. The van der Waals surface area contributed by atoms with Gasteiger partial charge in [-0.05, 0) is 11.5 Å². The van der Waals surface area contributed by atoms with Gasteiger partial charge in [-0.25, -0.2) is 0 Å². The molecule has 14 heavy (non-hydrogen) atoms. The van der Waals surface area contributed by atoms with Gasteiger partial charge in [-0.15, -0.1) is 4.91 Å². The molecule has 74 valence electrons. The third-order valence-electron chi connectivity index (χ3n) is 2.18. The van der Waals surface area contributed by atoms with Crippen molar-refractivity contribution >= 4 is 5.91 Å². The first-order chi connectivity index (χ1) is 6.66. The minimum Gasteiger partial charge on any atom is -0.268 e. The molecular weight excluding hydrogens is 178 g/mol. The zero-order chi connectivity index (χ0) is 10.6. The summed E-state index contributed by atoms with van der Waals surface area (Å²) in [5.41, 5.74) is 0.854. The van der Waals surface area contributed by atoms with E-state index in [4.69, 9.17) is 0 Å². The lowest BCUT2D eigenvalue weighted by Crippen LogP contribution is -2.15. The average molecular weight is 191 g/mol. The summed E-state index contributed by atoms with van der Waals surface area (Å²) in [5.74, 6) is -0.914. The predicted molar refractivity (Wildman–Crippen MR) is 54.8 cm³/mol. The minimum atomic E-state index is -0.591. The average Bonchev–Trinajstić information content (AvgIpc) is 2.19. The summed E-state index contributed by atoms with van der Waals surface area (Å²) in [5, 5.41) is 2.50. The van der Waals surface area contributed by atoms with E-state index in [1.807, 2.05) is 44.2 Å². The van der Waals surface area contributed by atoms with Crippen molar-refractivity contribution < 1.29 is 4.79 Å². The number of rotatable bonds is 3. The summed E-state index contributed by atoms with van der Waals surface area (Å²) in [7, 11) is 0. The first-order valence-electron chi connectivity index (χ1n) is 4.59. The molecule has 1 aromatic carbocycles. The SMILES string of the molecule is CC(C)C(C(=O)N=O)c1ccccc1. The van der Waals surface area contributed by atoms with E-state index in [2.05, 4.69) is 5.18 Å². The van der Waals surface area contributed by atoms with Gasteiger partial charge in [0.15, 0.2) is 0 Å². The van der Waals surface area contributed by atoms with E-state index in [-0.39, 0.29) is 5.92 Å². The second-order valence-electron chi connectivity index (χ2n) is 3.56. The van der Waals surface area contributed by atoms with Gasteiger partial charge in [0.25, 0.3) is 5.91 Å². The number of carbonyl (C=O) groups is 1. The van der Waals surface area contributed by atoms with E-state index in [9.17, 15) is 9.70 Å². The maximum atomic E-state index is 11.3. The molecule has 0 N–H and O–H groups in total. The third kappa shape index (κ3) is 2.25. The molecule has 0 bridgehead atoms. The quantitative estimate of drug-likeness (QED) is 0.689. The van der Waals surface area contributed by atoms with Crippen molar-refractivity contribution in [2.45, 2.75) is 19.8 Å². The summed E-state index contributed by atoms with van der Waals surface area (Å²) in [6, 6.07) is 9.26. The Morgan fingerprint density at radius 3 is 2.21 bits per heavy atom. The Hall–Kier alpha value is -1.51. The maximum absolute atomic E-state index is 11.3. The molecule has 1 rings (SSSR count). The number of nitrogens with zero attached hydrogens (tertiary/aromatic N) is 1. The molecule has 0 radical (unpaired) electrons. The molecule has 0 aliphatic rings. The molecule has 1 unspecified atom stereocenters. The molecule has 1 atom stereocenters. The van der Waals surface area contributed by atoms with E-state index in [1.54, 1.807) is 0 Å². The summed E-state index contributed by atoms with van der Waals surface area (Å²) < 4.78 is 0. The van der Waals surface area contributed by atoms with Crippen LogP contribution in [0.3, 0.4) is 0 Å². The first-order valence-corrected chi connectivity index (χ1v) is 4.59. The van der Waals surface area contributed by atoms with Crippen LogP contribution in [-0.2, 0) is 4.79 Å². The molecule has 0 spiro atoms. The molecule has 0 aromatic heterocycles. The highest BCUT2D eigenvalue weighted by Gasteiger charge is 2.24. The highest BCUT2D eigenvalue weighted by Crippen LogP contribution is 2.25. The fourth-order valence-electron chi connectivity index (χ4n) is 1.53. The van der Waals surface area contributed by atoms with Gasteiger partial charge >= 0.3 is 0 Å². The molecule has 0 heterocycles. The fraction of sp³-hybridized carbons (Fsp3) is 0.364. The molecule has 0 aliphatic heterocycles. The highest BCUT2D eigenvalue weighted by atomic mass is 16.3. The lowest BCUT2D eigenvalue weighted by Gasteiger charge is -2.15. The van der Waals surface area contributed by atoms with Gasteiger partial charge in [0.05, 0.1) is 5.92 Å². The highest BCUT2D eigenvalue weighted by molar-refractivity contribution is 5.84. The predicted octanol–water partition coefficient (Wildman–Crippen LogP) is 2.72. The van der Waals surface area contributed by atoms with Crippen LogP contribution in [0.25, 0.3) is 0 Å². The van der Waals surface area contributed by atoms with Crippen LogP contribution in [0.2, 0.25) is 0 Å². The summed E-state index contributed by atoms with van der Waals surface area (Å²) in [6.07, 6.45) is 0. The van der Waals surface area contributed by atoms with Crippen LogP contribution in [0.15, 0.2) is 35.5 Å². The second-order valence-corrected chi connectivity index (χ2v) is 3.56. The van der Waals surface area contributed by atoms with E-state index in [0.29, 0.717) is 0 Å². The van der Waals surface area contributed by atoms with Crippen molar-refractivity contribution in [2.24, 2.45) is 11.1 Å². The van der Waals surface area contributed by atoms with Crippen molar-refractivity contribution in [1.29, 1.82) is 0 Å². The largest absolute Gasteiger partial charge is 0.293 e. The number of benzene rings is 1. The van der Waals surface area contributed by atoms with Gasteiger partial charge in [-0.2, -0.15) is 0 Å². The minimum absolute atomic E-state index is 0.0857. The van der Waals surface area contributed by atoms with Crippen molar-refractivity contribution in [3.05, 3.63) is 40.8 Å². The van der Waals surface area contributed by atoms with Crippen LogP contribution in [-0.4, -0.2) is 5.91 Å². The molecule has 3 heteroatoms. The Balaban J connectivity index is 3.01. The van der Waals surface area contributed by atoms with Crippen LogP contribution in [0, 0.1) is 10.8 Å². The van der Waals surface area contributed by atoms with Gasteiger partial charge in [-0.3, -0.25) is 4.79 Å². The lowest BCUT2D eigenvalue weighted by molar-refractivity contribution is -0.120. The second kappa shape index (κ2) is 4.65. The Labute approximate surface area is 83.1 Å². The molecule has 0 fully saturated rings. The van der Waals surface area contributed by atoms with E-state index in [0.717, 1.165) is 5.56 Å². The Bertz CT molecular complexity index is 319. The van der Waals surface area contributed by atoms with Gasteiger partial charge in [0, 0.05) is 5.18 Å².